The Labute approximate surface area is 134 Å². The van der Waals surface area contributed by atoms with Gasteiger partial charge in [-0.2, -0.15) is 0 Å². The highest BCUT2D eigenvalue weighted by molar-refractivity contribution is 6.30. The second kappa shape index (κ2) is 5.91. The van der Waals surface area contributed by atoms with Crippen LogP contribution in [0.1, 0.15) is 16.8 Å². The van der Waals surface area contributed by atoms with E-state index < -0.39 is 0 Å². The molecule has 0 aliphatic carbocycles. The van der Waals surface area contributed by atoms with Crippen LogP contribution in [0, 0.1) is 13.8 Å². The number of hydrogen-bond acceptors (Lipinski definition) is 3. The molecule has 2 aromatic carbocycles. The van der Waals surface area contributed by atoms with Gasteiger partial charge in [0.15, 0.2) is 0 Å². The second-order valence-corrected chi connectivity index (χ2v) is 5.69. The average molecular weight is 314 g/mol. The van der Waals surface area contributed by atoms with Gasteiger partial charge < -0.3 is 5.11 Å². The fraction of sp³-hybridized carbons (Fsp3) is 0.176. The molecule has 0 radical (unpaired) electrons. The topological polar surface area (TPSA) is 50.9 Å². The van der Waals surface area contributed by atoms with Crippen LogP contribution in [0.15, 0.2) is 42.5 Å². The molecular weight excluding hydrogens is 298 g/mol. The molecule has 0 atom stereocenters. The van der Waals surface area contributed by atoms with Crippen LogP contribution in [-0.4, -0.2) is 20.1 Å². The highest BCUT2D eigenvalue weighted by Crippen LogP contribution is 2.28. The van der Waals surface area contributed by atoms with Gasteiger partial charge in [-0.1, -0.05) is 46.6 Å². The van der Waals surface area contributed by atoms with Crippen LogP contribution < -0.4 is 0 Å². The number of aliphatic hydroxyl groups is 1. The third kappa shape index (κ3) is 2.63. The van der Waals surface area contributed by atoms with E-state index in [1.165, 1.54) is 0 Å². The standard InChI is InChI=1S/C17H16ClN3O/c1-11-4-3-5-13(8-11)17-15(10-22)19-20-21(17)16-9-14(18)7-6-12(16)2/h3-9,22H,10H2,1-2H3. The molecule has 0 saturated heterocycles. The van der Waals surface area contributed by atoms with E-state index in [0.29, 0.717) is 10.7 Å². The Bertz CT molecular complexity index is 827. The maximum absolute atomic E-state index is 9.59. The minimum atomic E-state index is -0.164. The molecule has 0 bridgehead atoms. The summed E-state index contributed by atoms with van der Waals surface area (Å²) >= 11 is 6.12. The van der Waals surface area contributed by atoms with E-state index >= 15 is 0 Å². The molecule has 0 fully saturated rings. The lowest BCUT2D eigenvalue weighted by Gasteiger charge is -2.11. The molecule has 0 aliphatic heterocycles. The summed E-state index contributed by atoms with van der Waals surface area (Å²) in [6.07, 6.45) is 0. The summed E-state index contributed by atoms with van der Waals surface area (Å²) in [6.45, 7) is 3.86. The van der Waals surface area contributed by atoms with Crippen molar-refractivity contribution in [1.29, 1.82) is 0 Å². The summed E-state index contributed by atoms with van der Waals surface area (Å²) < 4.78 is 1.74. The molecule has 0 aliphatic rings. The Hall–Kier alpha value is -2.17. The first kappa shape index (κ1) is 14.8. The average Bonchev–Trinajstić information content (AvgIpc) is 2.93. The number of nitrogens with zero attached hydrogens (tertiary/aromatic N) is 3. The van der Waals surface area contributed by atoms with E-state index in [2.05, 4.69) is 10.3 Å². The van der Waals surface area contributed by atoms with E-state index in [1.807, 2.05) is 56.3 Å². The van der Waals surface area contributed by atoms with Gasteiger partial charge in [0, 0.05) is 10.6 Å². The first-order valence-electron chi connectivity index (χ1n) is 6.99. The normalized spacial score (nSPS) is 10.9. The number of rotatable bonds is 3. The maximum Gasteiger partial charge on any atom is 0.117 e. The molecule has 0 saturated carbocycles. The van der Waals surface area contributed by atoms with Crippen LogP contribution in [0.3, 0.4) is 0 Å². The second-order valence-electron chi connectivity index (χ2n) is 5.25. The van der Waals surface area contributed by atoms with E-state index in [9.17, 15) is 5.11 Å². The molecule has 22 heavy (non-hydrogen) atoms. The lowest BCUT2D eigenvalue weighted by molar-refractivity contribution is 0.277. The third-order valence-corrected chi connectivity index (χ3v) is 3.82. The molecule has 1 N–H and O–H groups in total. The van der Waals surface area contributed by atoms with E-state index in [1.54, 1.807) is 4.68 Å². The molecule has 5 heteroatoms. The zero-order valence-electron chi connectivity index (χ0n) is 12.4. The van der Waals surface area contributed by atoms with Crippen molar-refractivity contribution in [3.63, 3.8) is 0 Å². The van der Waals surface area contributed by atoms with Crippen LogP contribution in [0.25, 0.3) is 16.9 Å². The number of aryl methyl sites for hydroxylation is 2. The smallest absolute Gasteiger partial charge is 0.117 e. The summed E-state index contributed by atoms with van der Waals surface area (Å²) in [5.41, 5.74) is 5.33. The van der Waals surface area contributed by atoms with Crippen LogP contribution in [-0.2, 0) is 6.61 Å². The van der Waals surface area contributed by atoms with Gasteiger partial charge in [-0.15, -0.1) is 5.10 Å². The zero-order chi connectivity index (χ0) is 15.7. The van der Waals surface area contributed by atoms with E-state index in [4.69, 9.17) is 11.6 Å². The van der Waals surface area contributed by atoms with Gasteiger partial charge in [-0.3, -0.25) is 0 Å². The van der Waals surface area contributed by atoms with Crippen LogP contribution in [0.4, 0.5) is 0 Å². The highest BCUT2D eigenvalue weighted by atomic mass is 35.5. The summed E-state index contributed by atoms with van der Waals surface area (Å²) in [4.78, 5) is 0. The highest BCUT2D eigenvalue weighted by Gasteiger charge is 2.17. The summed E-state index contributed by atoms with van der Waals surface area (Å²) in [6, 6.07) is 13.7. The van der Waals surface area contributed by atoms with Crippen molar-refractivity contribution in [3.05, 3.63) is 64.3 Å². The maximum atomic E-state index is 9.59. The van der Waals surface area contributed by atoms with Gasteiger partial charge in [0.25, 0.3) is 0 Å². The van der Waals surface area contributed by atoms with Gasteiger partial charge in [0.2, 0.25) is 0 Å². The van der Waals surface area contributed by atoms with Crippen molar-refractivity contribution in [2.24, 2.45) is 0 Å². The summed E-state index contributed by atoms with van der Waals surface area (Å²) in [7, 11) is 0. The van der Waals surface area contributed by atoms with Gasteiger partial charge in [0.1, 0.15) is 11.4 Å². The predicted octanol–water partition coefficient (Wildman–Crippen LogP) is 3.70. The number of halogens is 1. The fourth-order valence-electron chi connectivity index (χ4n) is 2.48. The summed E-state index contributed by atoms with van der Waals surface area (Å²) in [5.74, 6) is 0. The third-order valence-electron chi connectivity index (χ3n) is 3.58. The van der Waals surface area contributed by atoms with Crippen molar-refractivity contribution >= 4 is 11.6 Å². The quantitative estimate of drug-likeness (QED) is 0.802. The van der Waals surface area contributed by atoms with Gasteiger partial charge in [-0.25, -0.2) is 4.68 Å². The SMILES string of the molecule is Cc1cccc(-c2c(CO)nnn2-c2cc(Cl)ccc2C)c1. The fourth-order valence-corrected chi connectivity index (χ4v) is 2.65. The number of hydrogen-bond donors (Lipinski definition) is 1. The molecule has 3 aromatic rings. The number of aliphatic hydroxyl groups excluding tert-OH is 1. The van der Waals surface area contributed by atoms with Crippen molar-refractivity contribution in [2.75, 3.05) is 0 Å². The Morgan fingerprint density at radius 1 is 1.14 bits per heavy atom. The number of benzene rings is 2. The molecule has 0 spiro atoms. The van der Waals surface area contributed by atoms with Gasteiger partial charge in [0.05, 0.1) is 12.3 Å². The van der Waals surface area contributed by atoms with Crippen LogP contribution in [0.5, 0.6) is 0 Å². The van der Waals surface area contributed by atoms with E-state index in [-0.39, 0.29) is 6.61 Å². The van der Waals surface area contributed by atoms with Crippen LogP contribution in [0.2, 0.25) is 5.02 Å². The molecule has 0 unspecified atom stereocenters. The Morgan fingerprint density at radius 3 is 2.68 bits per heavy atom. The predicted molar refractivity (Wildman–Crippen MR) is 87.2 cm³/mol. The molecule has 112 valence electrons. The van der Waals surface area contributed by atoms with Gasteiger partial charge in [-0.05, 0) is 37.6 Å². The molecule has 1 aromatic heterocycles. The van der Waals surface area contributed by atoms with Crippen molar-refractivity contribution in [2.45, 2.75) is 20.5 Å². The Balaban J connectivity index is 2.26. The largest absolute Gasteiger partial charge is 0.390 e. The van der Waals surface area contributed by atoms with Crippen molar-refractivity contribution < 1.29 is 5.11 Å². The number of aromatic nitrogens is 3. The Kier molecular flexibility index (Phi) is 3.96. The zero-order valence-corrected chi connectivity index (χ0v) is 13.2. The first-order chi connectivity index (χ1) is 10.6. The first-order valence-corrected chi connectivity index (χ1v) is 7.37. The lowest BCUT2D eigenvalue weighted by Crippen LogP contribution is -2.02. The minimum Gasteiger partial charge on any atom is -0.390 e. The lowest BCUT2D eigenvalue weighted by atomic mass is 10.1. The minimum absolute atomic E-state index is 0.164. The van der Waals surface area contributed by atoms with Crippen molar-refractivity contribution in [3.8, 4) is 16.9 Å². The molecular formula is C17H16ClN3O. The molecule has 4 nitrogen and oxygen atoms in total. The Morgan fingerprint density at radius 2 is 1.95 bits per heavy atom. The molecule has 3 rings (SSSR count). The summed E-state index contributed by atoms with van der Waals surface area (Å²) in [5, 5.41) is 18.5. The van der Waals surface area contributed by atoms with Crippen LogP contribution >= 0.6 is 11.6 Å². The monoisotopic (exact) mass is 313 g/mol. The van der Waals surface area contributed by atoms with Crippen molar-refractivity contribution in [1.82, 2.24) is 15.0 Å². The van der Waals surface area contributed by atoms with Gasteiger partial charge >= 0.3 is 0 Å². The molecule has 0 amide bonds. The molecule has 1 heterocycles. The van der Waals surface area contributed by atoms with E-state index in [0.717, 1.165) is 28.1 Å².